The van der Waals surface area contributed by atoms with Gasteiger partial charge in [0.15, 0.2) is 0 Å². The average Bonchev–Trinajstić information content (AvgIpc) is 2.90. The Morgan fingerprint density at radius 1 is 1.05 bits per heavy atom. The molecule has 1 heterocycles. The summed E-state index contributed by atoms with van der Waals surface area (Å²) in [5.41, 5.74) is 1.76. The van der Waals surface area contributed by atoms with Crippen molar-refractivity contribution in [1.82, 2.24) is 14.8 Å². The van der Waals surface area contributed by atoms with Crippen molar-refractivity contribution in [3.63, 3.8) is 0 Å². The van der Waals surface area contributed by atoms with E-state index in [1.807, 2.05) is 49.3 Å². The van der Waals surface area contributed by atoms with E-state index < -0.39 is 40.0 Å². The van der Waals surface area contributed by atoms with Crippen LogP contribution < -0.4 is 14.4 Å². The fourth-order valence-electron chi connectivity index (χ4n) is 4.06. The van der Waals surface area contributed by atoms with Gasteiger partial charge in [-0.05, 0) is 50.6 Å². The van der Waals surface area contributed by atoms with Crippen molar-refractivity contribution in [1.29, 1.82) is 0 Å². The van der Waals surface area contributed by atoms with Crippen LogP contribution in [0.5, 0.6) is 5.75 Å². The van der Waals surface area contributed by atoms with E-state index in [0.29, 0.717) is 12.1 Å². The topological polar surface area (TPSA) is 127 Å². The lowest BCUT2D eigenvalue weighted by Crippen LogP contribution is -2.48. The summed E-state index contributed by atoms with van der Waals surface area (Å²) in [5, 5.41) is 1.84. The van der Waals surface area contributed by atoms with E-state index in [4.69, 9.17) is 14.3 Å². The van der Waals surface area contributed by atoms with Crippen molar-refractivity contribution < 1.29 is 32.3 Å². The van der Waals surface area contributed by atoms with Crippen molar-refractivity contribution in [3.05, 3.63) is 60.3 Å². The van der Waals surface area contributed by atoms with Crippen LogP contribution in [-0.2, 0) is 35.6 Å². The third kappa shape index (κ3) is 8.62. The van der Waals surface area contributed by atoms with Gasteiger partial charge < -0.3 is 14.4 Å². The number of nitrogens with one attached hydrogen (secondary N) is 1. The minimum absolute atomic E-state index is 0.102. The number of ether oxygens (including phenoxy) is 2. The van der Waals surface area contributed by atoms with Gasteiger partial charge in [-0.3, -0.25) is 19.4 Å². The summed E-state index contributed by atoms with van der Waals surface area (Å²) in [5.74, 6) is -1.41. The Kier molecular flexibility index (Phi) is 10.3. The molecule has 0 spiro atoms. The van der Waals surface area contributed by atoms with Crippen LogP contribution in [0.1, 0.15) is 32.8 Å². The SMILES string of the molecule is CON(C)C(=O)[C@H](CC(=O)OC(C)(C)C)NS(=O)(=O)c1ccc(N(C)C)cc1OCCc1cccc2ncccc12. The molecule has 0 saturated carbocycles. The highest BCUT2D eigenvalue weighted by Crippen LogP contribution is 2.30. The average molecular weight is 587 g/mol. The summed E-state index contributed by atoms with van der Waals surface area (Å²) in [6.45, 7) is 5.22. The lowest BCUT2D eigenvalue weighted by molar-refractivity contribution is -0.173. The van der Waals surface area contributed by atoms with Gasteiger partial charge >= 0.3 is 5.97 Å². The van der Waals surface area contributed by atoms with Crippen LogP contribution in [0.25, 0.3) is 10.9 Å². The first-order chi connectivity index (χ1) is 19.2. The molecule has 0 radical (unpaired) electrons. The molecule has 0 aliphatic rings. The second-order valence-electron chi connectivity index (χ2n) is 10.6. The number of benzene rings is 2. The van der Waals surface area contributed by atoms with Gasteiger partial charge in [0.2, 0.25) is 10.0 Å². The summed E-state index contributed by atoms with van der Waals surface area (Å²) in [4.78, 5) is 36.5. The Bertz CT molecular complexity index is 1480. The second kappa shape index (κ2) is 13.3. The lowest BCUT2D eigenvalue weighted by atomic mass is 10.1. The van der Waals surface area contributed by atoms with Crippen LogP contribution in [0.2, 0.25) is 0 Å². The van der Waals surface area contributed by atoms with Crippen molar-refractivity contribution in [2.75, 3.05) is 39.8 Å². The molecule has 0 aliphatic heterocycles. The highest BCUT2D eigenvalue weighted by Gasteiger charge is 2.33. The molecule has 0 aliphatic carbocycles. The first kappa shape index (κ1) is 31.8. The number of fused-ring (bicyclic) bond motifs is 1. The number of anilines is 1. The predicted molar refractivity (Wildman–Crippen MR) is 156 cm³/mol. The van der Waals surface area contributed by atoms with E-state index in [9.17, 15) is 18.0 Å². The van der Waals surface area contributed by atoms with Gasteiger partial charge in [-0.15, -0.1) is 0 Å². The number of carbonyl (C=O) groups excluding carboxylic acids is 2. The lowest BCUT2D eigenvalue weighted by Gasteiger charge is -2.25. The van der Waals surface area contributed by atoms with Gasteiger partial charge in [0.05, 0.1) is 25.7 Å². The maximum absolute atomic E-state index is 13.7. The molecular formula is C29H38N4O7S. The Balaban J connectivity index is 1.90. The molecule has 0 bridgehead atoms. The normalized spacial score (nSPS) is 12.6. The van der Waals surface area contributed by atoms with Crippen molar-refractivity contribution >= 4 is 38.5 Å². The van der Waals surface area contributed by atoms with Crippen LogP contribution in [0.15, 0.2) is 59.6 Å². The smallest absolute Gasteiger partial charge is 0.308 e. The summed E-state index contributed by atoms with van der Waals surface area (Å²) in [7, 11) is 1.88. The Morgan fingerprint density at radius 2 is 1.78 bits per heavy atom. The molecule has 41 heavy (non-hydrogen) atoms. The number of hydroxylamine groups is 2. The molecule has 12 heteroatoms. The number of hydrogen-bond acceptors (Lipinski definition) is 9. The third-order valence-electron chi connectivity index (χ3n) is 6.07. The monoisotopic (exact) mass is 586 g/mol. The van der Waals surface area contributed by atoms with Gasteiger partial charge in [-0.1, -0.05) is 18.2 Å². The first-order valence-corrected chi connectivity index (χ1v) is 14.5. The van der Waals surface area contributed by atoms with Crippen LogP contribution in [0.3, 0.4) is 0 Å². The highest BCUT2D eigenvalue weighted by atomic mass is 32.2. The molecule has 1 aromatic heterocycles. The molecule has 3 aromatic rings. The van der Waals surface area contributed by atoms with Crippen LogP contribution in [-0.4, -0.2) is 76.8 Å². The molecule has 222 valence electrons. The quantitative estimate of drug-likeness (QED) is 0.251. The van der Waals surface area contributed by atoms with Gasteiger partial charge in [-0.25, -0.2) is 13.5 Å². The number of esters is 1. The molecule has 1 atom stereocenters. The van der Waals surface area contributed by atoms with E-state index in [1.54, 1.807) is 39.1 Å². The van der Waals surface area contributed by atoms with Crippen LogP contribution in [0.4, 0.5) is 5.69 Å². The Morgan fingerprint density at radius 3 is 2.44 bits per heavy atom. The number of aromatic nitrogens is 1. The van der Waals surface area contributed by atoms with E-state index >= 15 is 0 Å². The molecule has 0 unspecified atom stereocenters. The number of hydrogen-bond donors (Lipinski definition) is 1. The van der Waals surface area contributed by atoms with Gasteiger partial charge in [0.25, 0.3) is 5.91 Å². The largest absolute Gasteiger partial charge is 0.492 e. The molecular weight excluding hydrogens is 548 g/mol. The van der Waals surface area contributed by atoms with Gasteiger partial charge in [0, 0.05) is 50.9 Å². The number of rotatable bonds is 12. The maximum atomic E-state index is 13.7. The Hall–Kier alpha value is -3.74. The zero-order chi connectivity index (χ0) is 30.4. The molecule has 11 nitrogen and oxygen atoms in total. The summed E-state index contributed by atoms with van der Waals surface area (Å²) in [6, 6.07) is 12.8. The maximum Gasteiger partial charge on any atom is 0.308 e. The highest BCUT2D eigenvalue weighted by molar-refractivity contribution is 7.89. The predicted octanol–water partition coefficient (Wildman–Crippen LogP) is 3.32. The summed E-state index contributed by atoms with van der Waals surface area (Å²) >= 11 is 0. The number of sulfonamides is 1. The molecule has 2 aromatic carbocycles. The number of likely N-dealkylation sites (N-methyl/N-ethyl adjacent to an activating group) is 1. The van der Waals surface area contributed by atoms with E-state index in [0.717, 1.165) is 21.5 Å². The molecule has 0 saturated heterocycles. The fourth-order valence-corrected chi connectivity index (χ4v) is 5.37. The minimum Gasteiger partial charge on any atom is -0.492 e. The number of nitrogens with zero attached hydrogens (tertiary/aromatic N) is 3. The first-order valence-electron chi connectivity index (χ1n) is 13.0. The molecule has 0 fully saturated rings. The zero-order valence-corrected chi connectivity index (χ0v) is 25.3. The van der Waals surface area contributed by atoms with Crippen molar-refractivity contribution in [3.8, 4) is 5.75 Å². The van der Waals surface area contributed by atoms with Crippen LogP contribution in [0, 0.1) is 0 Å². The molecule has 1 amide bonds. The zero-order valence-electron chi connectivity index (χ0n) is 24.5. The number of carbonyl (C=O) groups is 2. The number of amides is 1. The van der Waals surface area contributed by atoms with Gasteiger partial charge in [-0.2, -0.15) is 4.72 Å². The third-order valence-corrected chi connectivity index (χ3v) is 7.58. The van der Waals surface area contributed by atoms with Crippen molar-refractivity contribution in [2.45, 2.75) is 50.2 Å². The minimum atomic E-state index is -4.35. The summed E-state index contributed by atoms with van der Waals surface area (Å²) < 4.78 is 41.0. The van der Waals surface area contributed by atoms with Crippen molar-refractivity contribution in [2.24, 2.45) is 0 Å². The van der Waals surface area contributed by atoms with E-state index in [-0.39, 0.29) is 17.3 Å². The van der Waals surface area contributed by atoms with Gasteiger partial charge in [0.1, 0.15) is 22.3 Å². The molecule has 1 N–H and O–H groups in total. The number of pyridine rings is 1. The molecule has 3 rings (SSSR count). The van der Waals surface area contributed by atoms with E-state index in [2.05, 4.69) is 9.71 Å². The summed E-state index contributed by atoms with van der Waals surface area (Å²) in [6.07, 6.45) is 1.69. The second-order valence-corrected chi connectivity index (χ2v) is 12.3. The Labute approximate surface area is 241 Å². The van der Waals surface area contributed by atoms with E-state index in [1.165, 1.54) is 20.2 Å². The fraction of sp³-hybridized carbons (Fsp3) is 0.414. The van der Waals surface area contributed by atoms with Crippen LogP contribution >= 0.6 is 0 Å². The standard InChI is InChI=1S/C29H38N4O7S/c1-29(2,3)40-27(34)19-24(28(35)33(6)38-7)31-41(36,37)26-14-13-21(32(4)5)18-25(26)39-17-15-20-10-8-12-23-22(20)11-9-16-30-23/h8-14,16,18,24,31H,15,17,19H2,1-7H3/t24-/m0/s1.